The Bertz CT molecular complexity index is 1100. The van der Waals surface area contributed by atoms with Crippen molar-refractivity contribution in [3.63, 3.8) is 0 Å². The lowest BCUT2D eigenvalue weighted by atomic mass is 9.87. The van der Waals surface area contributed by atoms with Crippen molar-refractivity contribution in [2.75, 3.05) is 17.2 Å². The molecule has 1 atom stereocenters. The van der Waals surface area contributed by atoms with Gasteiger partial charge in [0.25, 0.3) is 5.91 Å². The number of amides is 1. The van der Waals surface area contributed by atoms with E-state index in [2.05, 4.69) is 18.9 Å². The lowest BCUT2D eigenvalue weighted by molar-refractivity contribution is -0.132. The van der Waals surface area contributed by atoms with Crippen LogP contribution in [0, 0.1) is 19.8 Å². The van der Waals surface area contributed by atoms with Gasteiger partial charge in [-0.3, -0.25) is 4.79 Å². The summed E-state index contributed by atoms with van der Waals surface area (Å²) in [6.07, 6.45) is 0.841. The zero-order valence-corrected chi connectivity index (χ0v) is 17.9. The van der Waals surface area contributed by atoms with E-state index in [-0.39, 0.29) is 11.7 Å². The molecule has 0 aliphatic carbocycles. The molecule has 4 rings (SSSR count). The molecule has 0 saturated heterocycles. The van der Waals surface area contributed by atoms with Crippen molar-refractivity contribution in [2.45, 2.75) is 39.7 Å². The summed E-state index contributed by atoms with van der Waals surface area (Å²) in [7, 11) is 0. The molecule has 2 heterocycles. The molecule has 30 heavy (non-hydrogen) atoms. The van der Waals surface area contributed by atoms with Gasteiger partial charge in [-0.25, -0.2) is 4.68 Å². The SMILES string of the molecule is Cc1ccc(-n2nc(C)c([C@]3(O)C(=O)N(CCC(C)C)c4ccccc43)c2N)cc1. The second-order valence-electron chi connectivity index (χ2n) is 8.46. The Morgan fingerprint density at radius 2 is 1.77 bits per heavy atom. The fourth-order valence-corrected chi connectivity index (χ4v) is 4.16. The Morgan fingerprint density at radius 1 is 1.10 bits per heavy atom. The molecule has 3 N–H and O–H groups in total. The molecule has 3 aromatic rings. The van der Waals surface area contributed by atoms with Crippen LogP contribution in [-0.2, 0) is 10.4 Å². The first kappa shape index (κ1) is 20.2. The summed E-state index contributed by atoms with van der Waals surface area (Å²) in [5.41, 5.74) is 8.72. The molecule has 1 aromatic heterocycles. The Morgan fingerprint density at radius 3 is 2.43 bits per heavy atom. The van der Waals surface area contributed by atoms with Gasteiger partial charge in [0, 0.05) is 12.1 Å². The van der Waals surface area contributed by atoms with Crippen molar-refractivity contribution in [2.24, 2.45) is 5.92 Å². The molecule has 6 nitrogen and oxygen atoms in total. The number of para-hydroxylation sites is 1. The molecule has 6 heteroatoms. The van der Waals surface area contributed by atoms with Crippen molar-refractivity contribution in [3.05, 3.63) is 70.9 Å². The van der Waals surface area contributed by atoms with E-state index in [1.54, 1.807) is 22.6 Å². The highest BCUT2D eigenvalue weighted by molar-refractivity contribution is 6.09. The number of aromatic nitrogens is 2. The van der Waals surface area contributed by atoms with Gasteiger partial charge in [-0.2, -0.15) is 5.10 Å². The summed E-state index contributed by atoms with van der Waals surface area (Å²) in [6, 6.07) is 15.2. The minimum atomic E-state index is -1.86. The number of aliphatic hydroxyl groups is 1. The van der Waals surface area contributed by atoms with E-state index in [0.717, 1.165) is 23.4 Å². The summed E-state index contributed by atoms with van der Waals surface area (Å²) < 4.78 is 1.59. The highest BCUT2D eigenvalue weighted by Crippen LogP contribution is 2.47. The van der Waals surface area contributed by atoms with E-state index < -0.39 is 5.60 Å². The standard InChI is InChI=1S/C24H28N4O2/c1-15(2)13-14-27-20-8-6-5-7-19(20)24(30,23(27)29)21-17(4)26-28(22(21)25)18-11-9-16(3)10-12-18/h5-12,15,30H,13-14,25H2,1-4H3/t24-/m0/s1. The van der Waals surface area contributed by atoms with Crippen LogP contribution in [0.1, 0.15) is 42.7 Å². The quantitative estimate of drug-likeness (QED) is 0.679. The first-order chi connectivity index (χ1) is 14.2. The monoisotopic (exact) mass is 404 g/mol. The second-order valence-corrected chi connectivity index (χ2v) is 8.46. The van der Waals surface area contributed by atoms with E-state index >= 15 is 0 Å². The van der Waals surface area contributed by atoms with Crippen LogP contribution in [0.2, 0.25) is 0 Å². The number of carbonyl (C=O) groups excluding carboxylic acids is 1. The molecular formula is C24H28N4O2. The largest absolute Gasteiger partial charge is 0.383 e. The molecule has 156 valence electrons. The average Bonchev–Trinajstić information content (AvgIpc) is 3.13. The molecule has 2 aromatic carbocycles. The number of nitrogens with zero attached hydrogens (tertiary/aromatic N) is 3. The fourth-order valence-electron chi connectivity index (χ4n) is 4.16. The minimum Gasteiger partial charge on any atom is -0.383 e. The molecule has 0 unspecified atom stereocenters. The maximum Gasteiger partial charge on any atom is 0.268 e. The minimum absolute atomic E-state index is 0.271. The van der Waals surface area contributed by atoms with Crippen LogP contribution in [0.3, 0.4) is 0 Å². The lowest BCUT2D eigenvalue weighted by Crippen LogP contribution is -2.42. The van der Waals surface area contributed by atoms with E-state index in [1.165, 1.54) is 0 Å². The topological polar surface area (TPSA) is 84.4 Å². The molecule has 0 fully saturated rings. The number of nitrogens with two attached hydrogens (primary N) is 1. The van der Waals surface area contributed by atoms with Crippen molar-refractivity contribution < 1.29 is 9.90 Å². The molecule has 1 aliphatic rings. The van der Waals surface area contributed by atoms with E-state index in [0.29, 0.717) is 29.3 Å². The van der Waals surface area contributed by atoms with E-state index in [4.69, 9.17) is 5.73 Å². The molecule has 0 radical (unpaired) electrons. The number of anilines is 2. The van der Waals surface area contributed by atoms with Crippen LogP contribution in [0.4, 0.5) is 11.5 Å². The highest BCUT2D eigenvalue weighted by Gasteiger charge is 2.53. The smallest absolute Gasteiger partial charge is 0.268 e. The van der Waals surface area contributed by atoms with Crippen molar-refractivity contribution in [1.29, 1.82) is 0 Å². The maximum atomic E-state index is 13.6. The third-order valence-electron chi connectivity index (χ3n) is 5.81. The van der Waals surface area contributed by atoms with Crippen LogP contribution in [0.5, 0.6) is 0 Å². The Hall–Kier alpha value is -3.12. The third kappa shape index (κ3) is 2.99. The van der Waals surface area contributed by atoms with Gasteiger partial charge >= 0.3 is 0 Å². The van der Waals surface area contributed by atoms with Crippen LogP contribution in [0.25, 0.3) is 5.69 Å². The highest BCUT2D eigenvalue weighted by atomic mass is 16.3. The van der Waals surface area contributed by atoms with Crippen LogP contribution < -0.4 is 10.6 Å². The number of hydrogen-bond donors (Lipinski definition) is 2. The molecule has 1 amide bonds. The van der Waals surface area contributed by atoms with Gasteiger partial charge in [-0.05, 0) is 44.4 Å². The predicted molar refractivity (Wildman–Crippen MR) is 119 cm³/mol. The fraction of sp³-hybridized carbons (Fsp3) is 0.333. The Labute approximate surface area is 176 Å². The zero-order valence-electron chi connectivity index (χ0n) is 17.9. The Kier molecular flexibility index (Phi) is 4.90. The van der Waals surface area contributed by atoms with Crippen LogP contribution in [0.15, 0.2) is 48.5 Å². The predicted octanol–water partition coefficient (Wildman–Crippen LogP) is 3.70. The van der Waals surface area contributed by atoms with Crippen molar-refractivity contribution in [3.8, 4) is 5.69 Å². The summed E-state index contributed by atoms with van der Waals surface area (Å²) >= 11 is 0. The number of carbonyl (C=O) groups is 1. The van der Waals surface area contributed by atoms with E-state index in [9.17, 15) is 9.90 Å². The summed E-state index contributed by atoms with van der Waals surface area (Å²) in [4.78, 5) is 15.3. The van der Waals surface area contributed by atoms with Crippen molar-refractivity contribution in [1.82, 2.24) is 9.78 Å². The zero-order chi connectivity index (χ0) is 21.6. The van der Waals surface area contributed by atoms with Crippen LogP contribution >= 0.6 is 0 Å². The summed E-state index contributed by atoms with van der Waals surface area (Å²) in [5.74, 6) is 0.338. The maximum absolute atomic E-state index is 13.6. The number of nitrogen functional groups attached to an aromatic ring is 1. The molecular weight excluding hydrogens is 376 g/mol. The van der Waals surface area contributed by atoms with E-state index in [1.807, 2.05) is 49.4 Å². The molecule has 0 bridgehead atoms. The van der Waals surface area contributed by atoms with Gasteiger partial charge in [-0.1, -0.05) is 49.7 Å². The number of benzene rings is 2. The van der Waals surface area contributed by atoms with Gasteiger partial charge in [-0.15, -0.1) is 0 Å². The third-order valence-corrected chi connectivity index (χ3v) is 5.81. The summed E-state index contributed by atoms with van der Waals surface area (Å²) in [5, 5.41) is 16.4. The number of fused-ring (bicyclic) bond motifs is 1. The van der Waals surface area contributed by atoms with Crippen molar-refractivity contribution >= 4 is 17.4 Å². The molecule has 0 saturated carbocycles. The lowest BCUT2D eigenvalue weighted by Gasteiger charge is -2.24. The second kappa shape index (κ2) is 7.29. The van der Waals surface area contributed by atoms with Gasteiger partial charge < -0.3 is 15.7 Å². The summed E-state index contributed by atoms with van der Waals surface area (Å²) in [6.45, 7) is 8.57. The number of rotatable bonds is 5. The van der Waals surface area contributed by atoms with Gasteiger partial charge in [0.05, 0.1) is 22.6 Å². The first-order valence-electron chi connectivity index (χ1n) is 10.3. The van der Waals surface area contributed by atoms with Gasteiger partial charge in [0.2, 0.25) is 5.60 Å². The molecule has 1 aliphatic heterocycles. The number of aryl methyl sites for hydroxylation is 2. The van der Waals surface area contributed by atoms with Gasteiger partial charge in [0.15, 0.2) is 0 Å². The molecule has 0 spiro atoms. The number of hydrogen-bond acceptors (Lipinski definition) is 4. The Balaban J connectivity index is 1.85. The average molecular weight is 405 g/mol. The normalized spacial score (nSPS) is 18.3. The van der Waals surface area contributed by atoms with Crippen LogP contribution in [-0.4, -0.2) is 27.3 Å². The first-order valence-corrected chi connectivity index (χ1v) is 10.3. The van der Waals surface area contributed by atoms with Gasteiger partial charge in [0.1, 0.15) is 5.82 Å².